The molecule has 0 amide bonds. The van der Waals surface area contributed by atoms with Crippen molar-refractivity contribution in [3.8, 4) is 11.9 Å². The molecule has 0 rings (SSSR count). The molecule has 6 nitrogen and oxygen atoms in total. The van der Waals surface area contributed by atoms with Gasteiger partial charge < -0.3 is 0 Å². The Morgan fingerprint density at radius 3 is 1.36 bits per heavy atom. The lowest BCUT2D eigenvalue weighted by Gasteiger charge is -2.10. The SMILES string of the molecule is CS(=O)(=O)C(B(C#N)C#N)S(C)(=O)=O. The summed E-state index contributed by atoms with van der Waals surface area (Å²) in [4.78, 5) is 0. The Labute approximate surface area is 83.1 Å². The zero-order valence-electron chi connectivity index (χ0n) is 7.50. The molecule has 0 unspecified atom stereocenters. The second-order valence-electron chi connectivity index (χ2n) is 2.76. The van der Waals surface area contributed by atoms with Gasteiger partial charge in [0, 0.05) is 24.4 Å². The Morgan fingerprint density at radius 1 is 1.00 bits per heavy atom. The number of rotatable bonds is 3. The topological polar surface area (TPSA) is 116 Å². The van der Waals surface area contributed by atoms with E-state index in [2.05, 4.69) is 0 Å². The third-order valence-electron chi connectivity index (χ3n) is 1.39. The molecule has 0 aliphatic carbocycles. The summed E-state index contributed by atoms with van der Waals surface area (Å²) >= 11 is 0. The summed E-state index contributed by atoms with van der Waals surface area (Å²) in [7, 11) is -7.96. The highest BCUT2D eigenvalue weighted by Gasteiger charge is 2.43. The average Bonchev–Trinajstić information content (AvgIpc) is 1.94. The fourth-order valence-corrected chi connectivity index (χ4v) is 4.73. The van der Waals surface area contributed by atoms with Gasteiger partial charge in [-0.15, -0.1) is 0 Å². The minimum Gasteiger partial charge on any atom is -0.228 e. The molecule has 0 aromatic rings. The van der Waals surface area contributed by atoms with E-state index in [4.69, 9.17) is 10.5 Å². The van der Waals surface area contributed by atoms with Crippen LogP contribution in [0.5, 0.6) is 0 Å². The minimum atomic E-state index is -3.98. The molecule has 0 aliphatic rings. The second-order valence-corrected chi connectivity index (χ2v) is 7.40. The van der Waals surface area contributed by atoms with Crippen molar-refractivity contribution in [1.82, 2.24) is 0 Å². The van der Waals surface area contributed by atoms with Crippen molar-refractivity contribution in [3.63, 3.8) is 0 Å². The third kappa shape index (κ3) is 3.02. The van der Waals surface area contributed by atoms with Gasteiger partial charge in [-0.1, -0.05) is 0 Å². The highest BCUT2D eigenvalue weighted by molar-refractivity contribution is 8.10. The summed E-state index contributed by atoms with van der Waals surface area (Å²) in [6.07, 6.45) is 1.36. The van der Waals surface area contributed by atoms with E-state index in [0.29, 0.717) is 12.5 Å². The lowest BCUT2D eigenvalue weighted by molar-refractivity contribution is 0.591. The summed E-state index contributed by atoms with van der Waals surface area (Å²) in [5.41, 5.74) is 0. The summed E-state index contributed by atoms with van der Waals surface area (Å²) in [5, 5.41) is 16.8. The highest BCUT2D eigenvalue weighted by atomic mass is 32.3. The number of hydrogen-bond donors (Lipinski definition) is 0. The third-order valence-corrected chi connectivity index (χ3v) is 5.72. The number of hydrogen-bond acceptors (Lipinski definition) is 6. The molecule has 0 atom stereocenters. The van der Waals surface area contributed by atoms with E-state index >= 15 is 0 Å². The van der Waals surface area contributed by atoms with Crippen LogP contribution < -0.4 is 0 Å². The zero-order chi connectivity index (χ0) is 11.6. The molecular weight excluding hydrogens is 227 g/mol. The molecule has 0 radical (unpaired) electrons. The summed E-state index contributed by atoms with van der Waals surface area (Å²) in [6.45, 7) is -1.69. The molecule has 76 valence electrons. The van der Waals surface area contributed by atoms with Crippen LogP contribution in [0.1, 0.15) is 0 Å². The van der Waals surface area contributed by atoms with Gasteiger partial charge in [0.2, 0.25) is 0 Å². The number of sulfone groups is 2. The fraction of sp³-hybridized carbons (Fsp3) is 0.600. The van der Waals surface area contributed by atoms with Crippen molar-refractivity contribution in [2.75, 3.05) is 12.5 Å². The van der Waals surface area contributed by atoms with Crippen LogP contribution in [0.15, 0.2) is 0 Å². The highest BCUT2D eigenvalue weighted by Crippen LogP contribution is 2.10. The van der Waals surface area contributed by atoms with E-state index in [-0.39, 0.29) is 0 Å². The van der Waals surface area contributed by atoms with E-state index < -0.39 is 30.9 Å². The maximum Gasteiger partial charge on any atom is 0.419 e. The van der Waals surface area contributed by atoms with Crippen LogP contribution in [0.3, 0.4) is 0 Å². The van der Waals surface area contributed by atoms with Crippen molar-refractivity contribution < 1.29 is 16.8 Å². The second kappa shape index (κ2) is 3.99. The Kier molecular flexibility index (Phi) is 3.69. The summed E-state index contributed by atoms with van der Waals surface area (Å²) in [6, 6.07) is 0. The predicted octanol–water partition coefficient (Wildman–Crippen LogP) is -1.44. The van der Waals surface area contributed by atoms with Crippen molar-refractivity contribution in [2.24, 2.45) is 0 Å². The van der Waals surface area contributed by atoms with Gasteiger partial charge >= 0.3 is 6.71 Å². The normalized spacial score (nSPS) is 11.8. The van der Waals surface area contributed by atoms with E-state index in [0.717, 1.165) is 0 Å². The average molecular weight is 234 g/mol. The molecule has 0 fully saturated rings. The van der Waals surface area contributed by atoms with Crippen LogP contribution in [-0.4, -0.2) is 40.5 Å². The maximum atomic E-state index is 11.1. The first-order valence-electron chi connectivity index (χ1n) is 3.31. The Morgan fingerprint density at radius 2 is 1.29 bits per heavy atom. The van der Waals surface area contributed by atoms with E-state index in [1.807, 2.05) is 0 Å². The first-order valence-corrected chi connectivity index (χ1v) is 7.22. The molecule has 0 aromatic carbocycles. The van der Waals surface area contributed by atoms with Gasteiger partial charge in [0.25, 0.3) is 0 Å². The summed E-state index contributed by atoms with van der Waals surface area (Å²) in [5.74, 6) is 2.69. The van der Waals surface area contributed by atoms with Crippen LogP contribution in [0.25, 0.3) is 0 Å². The van der Waals surface area contributed by atoms with Gasteiger partial charge in [-0.3, -0.25) is 0 Å². The largest absolute Gasteiger partial charge is 0.419 e. The zero-order valence-corrected chi connectivity index (χ0v) is 9.13. The van der Waals surface area contributed by atoms with Gasteiger partial charge in [-0.05, 0) is 0 Å². The van der Waals surface area contributed by atoms with Gasteiger partial charge in [0.15, 0.2) is 24.2 Å². The summed E-state index contributed by atoms with van der Waals surface area (Å²) < 4.78 is 42.3. The first-order chi connectivity index (χ1) is 6.14. The molecule has 0 N–H and O–H groups in total. The van der Waals surface area contributed by atoms with Crippen LogP contribution in [0.4, 0.5) is 0 Å². The Balaban J connectivity index is 5.65. The first kappa shape index (κ1) is 12.9. The van der Waals surface area contributed by atoms with Crippen molar-refractivity contribution >= 4 is 26.4 Å². The van der Waals surface area contributed by atoms with Gasteiger partial charge in [-0.25, -0.2) is 27.4 Å². The van der Waals surface area contributed by atoms with Crippen molar-refractivity contribution in [1.29, 1.82) is 10.5 Å². The lowest BCUT2D eigenvalue weighted by atomic mass is 9.55. The van der Waals surface area contributed by atoms with Crippen LogP contribution >= 0.6 is 0 Å². The molecular formula is C5H7BN2O4S2. The van der Waals surface area contributed by atoms with Crippen molar-refractivity contribution in [2.45, 2.75) is 4.48 Å². The Hall–Kier alpha value is -1.06. The van der Waals surface area contributed by atoms with Crippen LogP contribution in [0, 0.1) is 22.5 Å². The molecule has 9 heteroatoms. The number of nitrogens with zero attached hydrogens (tertiary/aromatic N) is 2. The molecule has 0 saturated heterocycles. The predicted molar refractivity (Wildman–Crippen MR) is 50.5 cm³/mol. The fourth-order valence-electron chi connectivity index (χ4n) is 0.962. The smallest absolute Gasteiger partial charge is 0.228 e. The maximum absolute atomic E-state index is 11.1. The Bertz CT molecular complexity index is 449. The molecule has 0 aliphatic heterocycles. The quantitative estimate of drug-likeness (QED) is 0.552. The van der Waals surface area contributed by atoms with Crippen LogP contribution in [-0.2, 0) is 19.7 Å². The van der Waals surface area contributed by atoms with E-state index in [9.17, 15) is 16.8 Å². The van der Waals surface area contributed by atoms with Gasteiger partial charge in [0.05, 0.1) is 0 Å². The molecule has 0 bridgehead atoms. The van der Waals surface area contributed by atoms with E-state index in [1.54, 1.807) is 0 Å². The number of nitriles is 2. The van der Waals surface area contributed by atoms with E-state index in [1.165, 1.54) is 11.9 Å². The minimum absolute atomic E-state index is 0.681. The standard InChI is InChI=1S/C5H7BN2O4S2/c1-13(9,10)5(14(2,11)12)6(3-7)4-8/h5H,1-2H3. The molecule has 0 spiro atoms. The molecule has 14 heavy (non-hydrogen) atoms. The molecule has 0 heterocycles. The van der Waals surface area contributed by atoms with Gasteiger partial charge in [0.1, 0.15) is 0 Å². The molecule has 0 saturated carbocycles. The molecule has 0 aromatic heterocycles. The monoisotopic (exact) mass is 234 g/mol. The van der Waals surface area contributed by atoms with Gasteiger partial charge in [-0.2, -0.15) is 0 Å². The lowest BCUT2D eigenvalue weighted by Crippen LogP contribution is -2.42. The van der Waals surface area contributed by atoms with Crippen LogP contribution in [0.2, 0.25) is 0 Å². The van der Waals surface area contributed by atoms with Crippen molar-refractivity contribution in [3.05, 3.63) is 0 Å².